The lowest BCUT2D eigenvalue weighted by Crippen LogP contribution is -2.13. The number of furan rings is 1. The Labute approximate surface area is 86.5 Å². The fraction of sp³-hybridized carbons (Fsp3) is 0.200. The summed E-state index contributed by atoms with van der Waals surface area (Å²) >= 11 is 0. The maximum Gasteiger partial charge on any atom is 0.292 e. The van der Waals surface area contributed by atoms with E-state index in [-0.39, 0.29) is 5.91 Å². The van der Waals surface area contributed by atoms with Crippen LogP contribution in [-0.4, -0.2) is 16.1 Å². The molecule has 15 heavy (non-hydrogen) atoms. The maximum atomic E-state index is 11.7. The number of aromatic nitrogens is 2. The SMILES string of the molecule is Cc1cn[nH]c1NC(=O)c1occc1C. The molecule has 0 bridgehead atoms. The monoisotopic (exact) mass is 205 g/mol. The van der Waals surface area contributed by atoms with Crippen LogP contribution in [0.25, 0.3) is 0 Å². The van der Waals surface area contributed by atoms with Crippen LogP contribution in [0.5, 0.6) is 0 Å². The van der Waals surface area contributed by atoms with Crippen molar-refractivity contribution in [2.75, 3.05) is 5.32 Å². The third-order valence-corrected chi connectivity index (χ3v) is 2.14. The smallest absolute Gasteiger partial charge is 0.292 e. The minimum absolute atomic E-state index is 0.273. The summed E-state index contributed by atoms with van der Waals surface area (Å²) in [7, 11) is 0. The van der Waals surface area contributed by atoms with Crippen LogP contribution in [0.1, 0.15) is 21.7 Å². The van der Waals surface area contributed by atoms with Crippen molar-refractivity contribution < 1.29 is 9.21 Å². The molecule has 0 atom stereocenters. The maximum absolute atomic E-state index is 11.7. The van der Waals surface area contributed by atoms with E-state index in [2.05, 4.69) is 15.5 Å². The van der Waals surface area contributed by atoms with Gasteiger partial charge in [0.25, 0.3) is 5.91 Å². The van der Waals surface area contributed by atoms with E-state index in [4.69, 9.17) is 4.42 Å². The molecule has 1 amide bonds. The molecule has 0 aliphatic heterocycles. The van der Waals surface area contributed by atoms with Crippen molar-refractivity contribution in [3.05, 3.63) is 35.4 Å². The predicted octanol–water partition coefficient (Wildman–Crippen LogP) is 1.87. The van der Waals surface area contributed by atoms with Gasteiger partial charge in [0, 0.05) is 11.1 Å². The minimum Gasteiger partial charge on any atom is -0.459 e. The zero-order valence-corrected chi connectivity index (χ0v) is 8.50. The summed E-state index contributed by atoms with van der Waals surface area (Å²) in [4.78, 5) is 11.7. The molecule has 2 rings (SSSR count). The molecule has 2 aromatic rings. The van der Waals surface area contributed by atoms with Gasteiger partial charge >= 0.3 is 0 Å². The highest BCUT2D eigenvalue weighted by molar-refractivity contribution is 6.02. The third-order valence-electron chi connectivity index (χ3n) is 2.14. The van der Waals surface area contributed by atoms with Crippen LogP contribution in [0.2, 0.25) is 0 Å². The minimum atomic E-state index is -0.273. The number of hydrogen-bond acceptors (Lipinski definition) is 3. The standard InChI is InChI=1S/C10H11N3O2/c1-6-3-4-15-8(6)10(14)12-9-7(2)5-11-13-9/h3-5H,1-2H3,(H2,11,12,13,14). The first-order valence-electron chi connectivity index (χ1n) is 4.54. The van der Waals surface area contributed by atoms with Gasteiger partial charge in [0.05, 0.1) is 12.5 Å². The van der Waals surface area contributed by atoms with Crippen LogP contribution in [0, 0.1) is 13.8 Å². The quantitative estimate of drug-likeness (QED) is 0.786. The summed E-state index contributed by atoms with van der Waals surface area (Å²) in [6, 6.07) is 1.74. The number of aromatic amines is 1. The zero-order chi connectivity index (χ0) is 10.8. The molecule has 2 N–H and O–H groups in total. The fourth-order valence-electron chi connectivity index (χ4n) is 1.25. The van der Waals surface area contributed by atoms with E-state index < -0.39 is 0 Å². The third kappa shape index (κ3) is 1.76. The Morgan fingerprint density at radius 2 is 2.27 bits per heavy atom. The van der Waals surface area contributed by atoms with Crippen molar-refractivity contribution in [1.82, 2.24) is 10.2 Å². The molecule has 0 aromatic carbocycles. The van der Waals surface area contributed by atoms with Crippen molar-refractivity contribution in [3.63, 3.8) is 0 Å². The number of carbonyl (C=O) groups excluding carboxylic acids is 1. The molecular formula is C10H11N3O2. The molecule has 5 heteroatoms. The van der Waals surface area contributed by atoms with Crippen LogP contribution in [0.15, 0.2) is 22.9 Å². The van der Waals surface area contributed by atoms with Gasteiger partial charge in [0.2, 0.25) is 0 Å². The molecule has 0 spiro atoms. The topological polar surface area (TPSA) is 70.9 Å². The van der Waals surface area contributed by atoms with Gasteiger partial charge in [-0.1, -0.05) is 0 Å². The molecule has 0 saturated heterocycles. The largest absolute Gasteiger partial charge is 0.459 e. The van der Waals surface area contributed by atoms with Crippen LogP contribution in [0.3, 0.4) is 0 Å². The number of hydrogen-bond donors (Lipinski definition) is 2. The van der Waals surface area contributed by atoms with Crippen molar-refractivity contribution in [1.29, 1.82) is 0 Å². The summed E-state index contributed by atoms with van der Waals surface area (Å²) in [5.41, 5.74) is 1.69. The second-order valence-electron chi connectivity index (χ2n) is 3.31. The Morgan fingerprint density at radius 3 is 2.80 bits per heavy atom. The molecule has 0 fully saturated rings. The molecule has 0 unspecified atom stereocenters. The number of nitrogens with one attached hydrogen (secondary N) is 2. The average Bonchev–Trinajstić information content (AvgIpc) is 2.76. The van der Waals surface area contributed by atoms with E-state index in [0.717, 1.165) is 11.1 Å². The van der Waals surface area contributed by atoms with Crippen LogP contribution < -0.4 is 5.32 Å². The van der Waals surface area contributed by atoms with Gasteiger partial charge in [0.1, 0.15) is 5.82 Å². The number of H-pyrrole nitrogens is 1. The first kappa shape index (κ1) is 9.51. The molecule has 2 aromatic heterocycles. The Bertz CT molecular complexity index is 484. The fourth-order valence-corrected chi connectivity index (χ4v) is 1.25. The van der Waals surface area contributed by atoms with Crippen LogP contribution in [0.4, 0.5) is 5.82 Å². The average molecular weight is 205 g/mol. The lowest BCUT2D eigenvalue weighted by molar-refractivity contribution is 0.0995. The molecule has 0 saturated carbocycles. The summed E-state index contributed by atoms with van der Waals surface area (Å²) in [6.45, 7) is 3.67. The highest BCUT2D eigenvalue weighted by Gasteiger charge is 2.14. The summed E-state index contributed by atoms with van der Waals surface area (Å²) in [5.74, 6) is 0.643. The van der Waals surface area contributed by atoms with Crippen molar-refractivity contribution in [2.45, 2.75) is 13.8 Å². The Hall–Kier alpha value is -2.04. The number of anilines is 1. The van der Waals surface area contributed by atoms with E-state index in [9.17, 15) is 4.79 Å². The van der Waals surface area contributed by atoms with E-state index in [0.29, 0.717) is 11.6 Å². The Morgan fingerprint density at radius 1 is 1.47 bits per heavy atom. The lowest BCUT2D eigenvalue weighted by atomic mass is 10.2. The van der Waals surface area contributed by atoms with E-state index in [1.54, 1.807) is 12.3 Å². The highest BCUT2D eigenvalue weighted by Crippen LogP contribution is 2.13. The van der Waals surface area contributed by atoms with Crippen molar-refractivity contribution in [2.24, 2.45) is 0 Å². The van der Waals surface area contributed by atoms with Crippen LogP contribution in [-0.2, 0) is 0 Å². The second kappa shape index (κ2) is 3.61. The van der Waals surface area contributed by atoms with Gasteiger partial charge < -0.3 is 9.73 Å². The number of aryl methyl sites for hydroxylation is 2. The first-order chi connectivity index (χ1) is 7.18. The molecule has 2 heterocycles. The Kier molecular flexibility index (Phi) is 2.29. The number of carbonyl (C=O) groups is 1. The summed E-state index contributed by atoms with van der Waals surface area (Å²) in [6.07, 6.45) is 3.13. The first-order valence-corrected chi connectivity index (χ1v) is 4.54. The summed E-state index contributed by atoms with van der Waals surface area (Å²) in [5, 5.41) is 9.19. The molecule has 0 aliphatic rings. The van der Waals surface area contributed by atoms with E-state index >= 15 is 0 Å². The predicted molar refractivity (Wildman–Crippen MR) is 54.7 cm³/mol. The Balaban J connectivity index is 2.18. The van der Waals surface area contributed by atoms with Gasteiger partial charge in [-0.25, -0.2) is 0 Å². The van der Waals surface area contributed by atoms with Gasteiger partial charge in [-0.3, -0.25) is 9.89 Å². The van der Waals surface area contributed by atoms with Crippen molar-refractivity contribution in [3.8, 4) is 0 Å². The molecule has 78 valence electrons. The van der Waals surface area contributed by atoms with E-state index in [1.807, 2.05) is 13.8 Å². The number of rotatable bonds is 2. The van der Waals surface area contributed by atoms with Gasteiger partial charge in [-0.05, 0) is 19.9 Å². The van der Waals surface area contributed by atoms with Gasteiger partial charge in [0.15, 0.2) is 5.76 Å². The molecule has 0 radical (unpaired) electrons. The second-order valence-corrected chi connectivity index (χ2v) is 3.31. The number of amides is 1. The number of nitrogens with zero attached hydrogens (tertiary/aromatic N) is 1. The summed E-state index contributed by atoms with van der Waals surface area (Å²) < 4.78 is 5.07. The highest BCUT2D eigenvalue weighted by atomic mass is 16.3. The normalized spacial score (nSPS) is 10.3. The van der Waals surface area contributed by atoms with Crippen molar-refractivity contribution >= 4 is 11.7 Å². The van der Waals surface area contributed by atoms with Gasteiger partial charge in [-0.2, -0.15) is 5.10 Å². The molecule has 5 nitrogen and oxygen atoms in total. The molecular weight excluding hydrogens is 194 g/mol. The van der Waals surface area contributed by atoms with E-state index in [1.165, 1.54) is 6.26 Å². The lowest BCUT2D eigenvalue weighted by Gasteiger charge is -2.01. The zero-order valence-electron chi connectivity index (χ0n) is 8.50. The molecule has 0 aliphatic carbocycles. The van der Waals surface area contributed by atoms with Crippen LogP contribution >= 0.6 is 0 Å². The van der Waals surface area contributed by atoms with Gasteiger partial charge in [-0.15, -0.1) is 0 Å².